The number of likely N-dealkylation sites (N-methyl/N-ethyl adjacent to an activating group) is 1. The van der Waals surface area contributed by atoms with Crippen LogP contribution in [0.3, 0.4) is 0 Å². The van der Waals surface area contributed by atoms with Crippen molar-refractivity contribution in [1.29, 1.82) is 0 Å². The Morgan fingerprint density at radius 2 is 2.00 bits per heavy atom. The summed E-state index contributed by atoms with van der Waals surface area (Å²) < 4.78 is 5.86. The molecule has 5 heteroatoms. The van der Waals surface area contributed by atoms with Gasteiger partial charge in [-0.25, -0.2) is 0 Å². The van der Waals surface area contributed by atoms with Crippen molar-refractivity contribution in [1.82, 2.24) is 9.80 Å². The molecule has 0 bridgehead atoms. The van der Waals surface area contributed by atoms with E-state index in [0.717, 1.165) is 19.4 Å². The highest BCUT2D eigenvalue weighted by Crippen LogP contribution is 2.27. The molecule has 0 spiro atoms. The van der Waals surface area contributed by atoms with Gasteiger partial charge in [0.25, 0.3) is 0 Å². The molecular weight excluding hydrogens is 300 g/mol. The monoisotopic (exact) mass is 322 g/mol. The van der Waals surface area contributed by atoms with E-state index < -0.39 is 0 Å². The lowest BCUT2D eigenvalue weighted by atomic mass is 10.1. The highest BCUT2D eigenvalue weighted by atomic mass is 35.5. The maximum Gasteiger partial charge on any atom is 0.240 e. The van der Waals surface area contributed by atoms with E-state index in [1.54, 1.807) is 0 Å². The van der Waals surface area contributed by atoms with Crippen LogP contribution in [-0.4, -0.2) is 54.5 Å². The molecule has 0 aromatic heterocycles. The second-order valence-electron chi connectivity index (χ2n) is 6.26. The first-order valence-corrected chi connectivity index (χ1v) is 8.43. The summed E-state index contributed by atoms with van der Waals surface area (Å²) in [6.45, 7) is 2.34. The van der Waals surface area contributed by atoms with Crippen LogP contribution in [0.15, 0.2) is 24.3 Å². The Balaban J connectivity index is 1.52. The zero-order valence-electron chi connectivity index (χ0n) is 13.0. The highest BCUT2D eigenvalue weighted by molar-refractivity contribution is 6.32. The maximum atomic E-state index is 12.6. The molecule has 1 unspecified atom stereocenters. The summed E-state index contributed by atoms with van der Waals surface area (Å²) in [5, 5.41) is 0.621. The molecule has 1 aromatic carbocycles. The molecule has 0 saturated carbocycles. The molecule has 2 fully saturated rings. The van der Waals surface area contributed by atoms with Crippen LogP contribution in [-0.2, 0) is 4.79 Å². The molecular formula is C17H23ClN2O2. The van der Waals surface area contributed by atoms with Crippen molar-refractivity contribution in [2.24, 2.45) is 0 Å². The van der Waals surface area contributed by atoms with Gasteiger partial charge in [-0.1, -0.05) is 36.6 Å². The van der Waals surface area contributed by atoms with E-state index in [1.165, 1.54) is 12.8 Å². The number of ether oxygens (including phenoxy) is 1. The number of para-hydroxylation sites is 1. The first kappa shape index (κ1) is 15.6. The zero-order chi connectivity index (χ0) is 15.5. The third kappa shape index (κ3) is 3.39. The molecule has 22 heavy (non-hydrogen) atoms. The molecule has 0 aliphatic carbocycles. The van der Waals surface area contributed by atoms with Crippen LogP contribution in [0, 0.1) is 0 Å². The van der Waals surface area contributed by atoms with Crippen molar-refractivity contribution in [3.05, 3.63) is 29.3 Å². The fourth-order valence-electron chi connectivity index (χ4n) is 3.19. The van der Waals surface area contributed by atoms with Crippen LogP contribution in [0.1, 0.15) is 25.7 Å². The number of hydrogen-bond donors (Lipinski definition) is 0. The average Bonchev–Trinajstić information content (AvgIpc) is 2.68. The van der Waals surface area contributed by atoms with Crippen molar-refractivity contribution < 1.29 is 9.53 Å². The minimum absolute atomic E-state index is 0.0452. The van der Waals surface area contributed by atoms with Crippen LogP contribution in [0.2, 0.25) is 5.02 Å². The Hall–Kier alpha value is -1.26. The second kappa shape index (κ2) is 6.88. The molecule has 1 aromatic rings. The maximum absolute atomic E-state index is 12.6. The smallest absolute Gasteiger partial charge is 0.240 e. The molecule has 1 amide bonds. The highest BCUT2D eigenvalue weighted by Gasteiger charge is 2.37. The predicted molar refractivity (Wildman–Crippen MR) is 87.3 cm³/mol. The molecule has 1 atom stereocenters. The summed E-state index contributed by atoms with van der Waals surface area (Å²) in [4.78, 5) is 16.7. The van der Waals surface area contributed by atoms with E-state index >= 15 is 0 Å². The molecule has 120 valence electrons. The third-order valence-corrected chi connectivity index (χ3v) is 4.91. The fourth-order valence-corrected chi connectivity index (χ4v) is 3.37. The summed E-state index contributed by atoms with van der Waals surface area (Å²) in [7, 11) is 2.06. The predicted octanol–water partition coefficient (Wildman–Crippen LogP) is 2.80. The van der Waals surface area contributed by atoms with Crippen molar-refractivity contribution in [3.8, 4) is 5.75 Å². The van der Waals surface area contributed by atoms with Crippen molar-refractivity contribution >= 4 is 17.5 Å². The van der Waals surface area contributed by atoms with Crippen LogP contribution in [0.25, 0.3) is 0 Å². The fraction of sp³-hybridized carbons (Fsp3) is 0.588. The average molecular weight is 323 g/mol. The van der Waals surface area contributed by atoms with Crippen molar-refractivity contribution in [3.63, 3.8) is 0 Å². The number of likely N-dealkylation sites (tertiary alicyclic amines) is 2. The van der Waals surface area contributed by atoms with Crippen LogP contribution >= 0.6 is 11.6 Å². The van der Waals surface area contributed by atoms with E-state index in [0.29, 0.717) is 23.9 Å². The van der Waals surface area contributed by atoms with Gasteiger partial charge in [0.1, 0.15) is 11.9 Å². The Bertz CT molecular complexity index is 531. The zero-order valence-corrected chi connectivity index (χ0v) is 13.8. The van der Waals surface area contributed by atoms with Gasteiger partial charge in [0, 0.05) is 0 Å². The topological polar surface area (TPSA) is 32.8 Å². The Morgan fingerprint density at radius 1 is 1.23 bits per heavy atom. The minimum atomic E-state index is 0.0452. The Morgan fingerprint density at radius 3 is 2.77 bits per heavy atom. The molecule has 0 N–H and O–H groups in total. The molecule has 2 heterocycles. The van der Waals surface area contributed by atoms with E-state index in [2.05, 4.69) is 11.9 Å². The number of halogens is 1. The van der Waals surface area contributed by atoms with Crippen LogP contribution < -0.4 is 4.74 Å². The lowest BCUT2D eigenvalue weighted by Gasteiger charge is -2.42. The molecule has 4 nitrogen and oxygen atoms in total. The molecule has 2 saturated heterocycles. The van der Waals surface area contributed by atoms with Crippen molar-refractivity contribution in [2.45, 2.75) is 37.8 Å². The van der Waals surface area contributed by atoms with Gasteiger partial charge in [0.15, 0.2) is 0 Å². The lowest BCUT2D eigenvalue weighted by molar-refractivity contribution is -0.145. The first-order chi connectivity index (χ1) is 10.6. The van der Waals surface area contributed by atoms with Crippen molar-refractivity contribution in [2.75, 3.05) is 26.7 Å². The normalized spacial score (nSPS) is 23.7. The van der Waals surface area contributed by atoms with Crippen LogP contribution in [0.5, 0.6) is 5.75 Å². The minimum Gasteiger partial charge on any atom is -0.485 e. The van der Waals surface area contributed by atoms with Gasteiger partial charge in [-0.05, 0) is 38.6 Å². The number of carbonyl (C=O) groups is 1. The number of nitrogens with zero attached hydrogens (tertiary/aromatic N) is 2. The summed E-state index contributed by atoms with van der Waals surface area (Å²) in [5.41, 5.74) is 0. The van der Waals surface area contributed by atoms with Gasteiger partial charge < -0.3 is 9.64 Å². The molecule has 2 aliphatic rings. The first-order valence-electron chi connectivity index (χ1n) is 8.05. The van der Waals surface area contributed by atoms with E-state index in [9.17, 15) is 4.79 Å². The van der Waals surface area contributed by atoms with Gasteiger partial charge in [0.2, 0.25) is 5.91 Å². The summed E-state index contributed by atoms with van der Waals surface area (Å²) in [6.07, 6.45) is 4.60. The Kier molecular flexibility index (Phi) is 4.89. The quantitative estimate of drug-likeness (QED) is 0.858. The molecule has 0 radical (unpaired) electrons. The number of carbonyl (C=O) groups excluding carboxylic acids is 1. The number of benzene rings is 1. The number of amides is 1. The summed E-state index contributed by atoms with van der Waals surface area (Å²) in [5.74, 6) is 0.955. The standard InChI is InChI=1S/C17H23ClN2O2/c1-19-10-6-2-3-8-15(19)17(21)20-11-13(12-20)22-16-9-5-4-7-14(16)18/h4-5,7,9,13,15H,2-3,6,8,10-12H2,1H3. The number of rotatable bonds is 3. The van der Waals surface area contributed by atoms with Gasteiger partial charge in [-0.2, -0.15) is 0 Å². The van der Waals surface area contributed by atoms with E-state index in [-0.39, 0.29) is 18.1 Å². The SMILES string of the molecule is CN1CCCCCC1C(=O)N1CC(Oc2ccccc2Cl)C1. The van der Waals surface area contributed by atoms with E-state index in [1.807, 2.05) is 29.2 Å². The lowest BCUT2D eigenvalue weighted by Crippen LogP contribution is -2.60. The largest absolute Gasteiger partial charge is 0.485 e. The third-order valence-electron chi connectivity index (χ3n) is 4.60. The second-order valence-corrected chi connectivity index (χ2v) is 6.67. The van der Waals surface area contributed by atoms with Gasteiger partial charge in [-0.3, -0.25) is 9.69 Å². The summed E-state index contributed by atoms with van der Waals surface area (Å²) in [6, 6.07) is 7.52. The van der Waals surface area contributed by atoms with Gasteiger partial charge >= 0.3 is 0 Å². The van der Waals surface area contributed by atoms with Gasteiger partial charge in [0.05, 0.1) is 24.2 Å². The molecule has 3 rings (SSSR count). The Labute approximate surface area is 137 Å². The molecule has 2 aliphatic heterocycles. The van der Waals surface area contributed by atoms with E-state index in [4.69, 9.17) is 16.3 Å². The van der Waals surface area contributed by atoms with Crippen LogP contribution in [0.4, 0.5) is 0 Å². The van der Waals surface area contributed by atoms with Gasteiger partial charge in [-0.15, -0.1) is 0 Å². The summed E-state index contributed by atoms with van der Waals surface area (Å²) >= 11 is 6.10. The number of hydrogen-bond acceptors (Lipinski definition) is 3.